The third kappa shape index (κ3) is 8.27. The summed E-state index contributed by atoms with van der Waals surface area (Å²) in [5, 5.41) is 3.31. The molecule has 0 fully saturated rings. The van der Waals surface area contributed by atoms with Crippen LogP contribution in [0.3, 0.4) is 0 Å². The molecule has 0 amide bonds. The fourth-order valence-corrected chi connectivity index (χ4v) is 1.74. The van der Waals surface area contributed by atoms with Crippen LogP contribution < -0.4 is 5.32 Å². The molecule has 1 N–H and O–H groups in total. The lowest BCUT2D eigenvalue weighted by Crippen LogP contribution is -2.11. The molecular formula is C16H27NO3. The number of hydrogen-bond donors (Lipinski definition) is 1. The average Bonchev–Trinajstić information content (AvgIpc) is 2.49. The quantitative estimate of drug-likeness (QED) is 0.597. The Bertz CT molecular complexity index is 327. The van der Waals surface area contributed by atoms with Crippen LogP contribution in [0, 0.1) is 0 Å². The van der Waals surface area contributed by atoms with Crippen molar-refractivity contribution >= 4 is 0 Å². The Morgan fingerprint density at radius 2 is 1.60 bits per heavy atom. The minimum absolute atomic E-state index is 0.631. The van der Waals surface area contributed by atoms with Crippen molar-refractivity contribution in [2.45, 2.75) is 26.5 Å². The first-order chi connectivity index (χ1) is 9.86. The van der Waals surface area contributed by atoms with Crippen molar-refractivity contribution in [2.24, 2.45) is 0 Å². The maximum Gasteiger partial charge on any atom is 0.0718 e. The van der Waals surface area contributed by atoms with E-state index in [1.165, 1.54) is 11.1 Å². The molecule has 0 saturated carbocycles. The summed E-state index contributed by atoms with van der Waals surface area (Å²) in [7, 11) is 1.70. The van der Waals surface area contributed by atoms with E-state index in [-0.39, 0.29) is 0 Å². The van der Waals surface area contributed by atoms with Crippen molar-refractivity contribution in [3.05, 3.63) is 35.4 Å². The third-order valence-electron chi connectivity index (χ3n) is 2.88. The van der Waals surface area contributed by atoms with Crippen molar-refractivity contribution in [3.63, 3.8) is 0 Å². The molecular weight excluding hydrogens is 254 g/mol. The van der Waals surface area contributed by atoms with Crippen LogP contribution in [0.1, 0.15) is 24.5 Å². The number of rotatable bonds is 12. The van der Waals surface area contributed by atoms with Gasteiger partial charge in [-0.05, 0) is 24.1 Å². The molecule has 0 spiro atoms. The molecule has 0 radical (unpaired) electrons. The van der Waals surface area contributed by atoms with Crippen molar-refractivity contribution in [3.8, 4) is 0 Å². The van der Waals surface area contributed by atoms with Crippen LogP contribution in [0.4, 0.5) is 0 Å². The summed E-state index contributed by atoms with van der Waals surface area (Å²) in [4.78, 5) is 0. The van der Waals surface area contributed by atoms with Gasteiger partial charge in [0, 0.05) is 26.9 Å². The van der Waals surface area contributed by atoms with E-state index < -0.39 is 0 Å². The van der Waals surface area contributed by atoms with Crippen LogP contribution >= 0.6 is 0 Å². The molecule has 4 nitrogen and oxygen atoms in total. The summed E-state index contributed by atoms with van der Waals surface area (Å²) in [6.07, 6.45) is 0.934. The predicted octanol–water partition coefficient (Wildman–Crippen LogP) is 2.37. The van der Waals surface area contributed by atoms with Crippen molar-refractivity contribution in [1.82, 2.24) is 5.32 Å². The number of hydrogen-bond acceptors (Lipinski definition) is 4. The molecule has 1 rings (SSSR count). The van der Waals surface area contributed by atoms with Gasteiger partial charge in [0.1, 0.15) is 0 Å². The summed E-state index contributed by atoms with van der Waals surface area (Å²) in [6, 6.07) is 8.52. The molecule has 1 aromatic carbocycles. The van der Waals surface area contributed by atoms with Gasteiger partial charge in [0.25, 0.3) is 0 Å². The third-order valence-corrected chi connectivity index (χ3v) is 2.88. The maximum absolute atomic E-state index is 5.58. The van der Waals surface area contributed by atoms with Gasteiger partial charge >= 0.3 is 0 Å². The van der Waals surface area contributed by atoms with Gasteiger partial charge in [-0.25, -0.2) is 0 Å². The summed E-state index contributed by atoms with van der Waals surface area (Å²) in [6.45, 7) is 7.43. The first-order valence-corrected chi connectivity index (χ1v) is 7.29. The number of benzene rings is 1. The number of ether oxygens (including phenoxy) is 3. The first kappa shape index (κ1) is 17.1. The van der Waals surface area contributed by atoms with Crippen molar-refractivity contribution in [2.75, 3.05) is 40.1 Å². The van der Waals surface area contributed by atoms with Crippen LogP contribution in [0.5, 0.6) is 0 Å². The largest absolute Gasteiger partial charge is 0.385 e. The summed E-state index contributed by atoms with van der Waals surface area (Å²) in [5.41, 5.74) is 2.50. The Kier molecular flexibility index (Phi) is 10.1. The zero-order chi connectivity index (χ0) is 14.5. The van der Waals surface area contributed by atoms with Crippen LogP contribution in [0.15, 0.2) is 24.3 Å². The standard InChI is InChI=1S/C16H27NO3/c1-3-17-13-15-5-7-16(8-6-15)14-20-12-11-19-10-4-9-18-2/h5-8,17H,3-4,9-14H2,1-2H3. The Hall–Kier alpha value is -0.940. The fraction of sp³-hybridized carbons (Fsp3) is 0.625. The van der Waals surface area contributed by atoms with Gasteiger partial charge in [-0.3, -0.25) is 0 Å². The van der Waals surface area contributed by atoms with Crippen molar-refractivity contribution in [1.29, 1.82) is 0 Å². The topological polar surface area (TPSA) is 39.7 Å². The van der Waals surface area contributed by atoms with Gasteiger partial charge in [-0.15, -0.1) is 0 Å². The zero-order valence-electron chi connectivity index (χ0n) is 12.7. The van der Waals surface area contributed by atoms with Crippen LogP contribution in [0.25, 0.3) is 0 Å². The highest BCUT2D eigenvalue weighted by molar-refractivity contribution is 5.21. The van der Waals surface area contributed by atoms with Gasteiger partial charge < -0.3 is 19.5 Å². The van der Waals surface area contributed by atoms with Gasteiger partial charge in [0.15, 0.2) is 0 Å². The molecule has 0 aliphatic carbocycles. The highest BCUT2D eigenvalue weighted by Crippen LogP contribution is 2.05. The summed E-state index contributed by atoms with van der Waals surface area (Å²) in [5.74, 6) is 0. The smallest absolute Gasteiger partial charge is 0.0718 e. The molecule has 0 bridgehead atoms. The first-order valence-electron chi connectivity index (χ1n) is 7.29. The van der Waals surface area contributed by atoms with E-state index in [0.29, 0.717) is 19.8 Å². The molecule has 4 heteroatoms. The Balaban J connectivity index is 2.04. The van der Waals surface area contributed by atoms with Crippen LogP contribution in [-0.2, 0) is 27.4 Å². The van der Waals surface area contributed by atoms with Gasteiger partial charge in [0.05, 0.1) is 19.8 Å². The van der Waals surface area contributed by atoms with Gasteiger partial charge in [-0.1, -0.05) is 31.2 Å². The monoisotopic (exact) mass is 281 g/mol. The highest BCUT2D eigenvalue weighted by atomic mass is 16.5. The zero-order valence-corrected chi connectivity index (χ0v) is 12.7. The van der Waals surface area contributed by atoms with Crippen LogP contribution in [0.2, 0.25) is 0 Å². The fourth-order valence-electron chi connectivity index (χ4n) is 1.74. The van der Waals surface area contributed by atoms with E-state index in [1.54, 1.807) is 7.11 Å². The van der Waals surface area contributed by atoms with E-state index in [1.807, 2.05) is 0 Å². The molecule has 1 aromatic rings. The SMILES string of the molecule is CCNCc1ccc(COCCOCCCOC)cc1. The second kappa shape index (κ2) is 11.9. The number of methoxy groups -OCH3 is 1. The van der Waals surface area contributed by atoms with Gasteiger partial charge in [0.2, 0.25) is 0 Å². The maximum atomic E-state index is 5.58. The second-order valence-electron chi connectivity index (χ2n) is 4.61. The van der Waals surface area contributed by atoms with E-state index >= 15 is 0 Å². The second-order valence-corrected chi connectivity index (χ2v) is 4.61. The minimum Gasteiger partial charge on any atom is -0.385 e. The van der Waals surface area contributed by atoms with E-state index in [2.05, 4.69) is 36.5 Å². The molecule has 114 valence electrons. The molecule has 0 aromatic heterocycles. The lowest BCUT2D eigenvalue weighted by atomic mass is 10.1. The predicted molar refractivity (Wildman–Crippen MR) is 80.8 cm³/mol. The molecule has 0 atom stereocenters. The normalized spacial score (nSPS) is 10.9. The van der Waals surface area contributed by atoms with E-state index in [0.717, 1.165) is 32.7 Å². The number of nitrogens with one attached hydrogen (secondary N) is 1. The van der Waals surface area contributed by atoms with E-state index in [9.17, 15) is 0 Å². The molecule has 0 unspecified atom stereocenters. The Morgan fingerprint density at radius 1 is 0.900 bits per heavy atom. The molecule has 0 aliphatic heterocycles. The summed E-state index contributed by atoms with van der Waals surface area (Å²) >= 11 is 0. The lowest BCUT2D eigenvalue weighted by molar-refractivity contribution is 0.0337. The molecule has 0 aliphatic rings. The Morgan fingerprint density at radius 3 is 2.30 bits per heavy atom. The average molecular weight is 281 g/mol. The Labute approximate surface area is 122 Å². The minimum atomic E-state index is 0.631. The summed E-state index contributed by atoms with van der Waals surface area (Å²) < 4.78 is 15.9. The highest BCUT2D eigenvalue weighted by Gasteiger charge is 1.96. The van der Waals surface area contributed by atoms with Gasteiger partial charge in [-0.2, -0.15) is 0 Å². The molecule has 0 heterocycles. The van der Waals surface area contributed by atoms with E-state index in [4.69, 9.17) is 14.2 Å². The lowest BCUT2D eigenvalue weighted by Gasteiger charge is -2.07. The molecule has 0 saturated heterocycles. The molecule has 20 heavy (non-hydrogen) atoms. The van der Waals surface area contributed by atoms with Crippen LogP contribution in [-0.4, -0.2) is 40.1 Å². The van der Waals surface area contributed by atoms with Crippen molar-refractivity contribution < 1.29 is 14.2 Å².